The van der Waals surface area contributed by atoms with Gasteiger partial charge in [0.2, 0.25) is 5.91 Å². The molecule has 25 heavy (non-hydrogen) atoms. The summed E-state index contributed by atoms with van der Waals surface area (Å²) >= 11 is 11.0. The maximum Gasteiger partial charge on any atom is 0.257 e. The Hall–Kier alpha value is -2.44. The number of anilines is 1. The normalized spacial score (nSPS) is 10.0. The number of hydrogen-bond donors (Lipinski definition) is 3. The molecule has 7 heteroatoms. The number of carbonyl (C=O) groups excluding carboxylic acids is 2. The summed E-state index contributed by atoms with van der Waals surface area (Å²) in [4.78, 5) is 23.3. The standard InChI is InChI=1S/C18H18ClN3O2S/c1-20-16(23)10-7-12-5-8-15(9-6-12)21-18(25)22-17(24)13-3-2-4-14(19)11-13/h2-6,8-9,11H,7,10H2,1H3,(H,20,23)(H2,21,22,24,25). The number of amides is 2. The van der Waals surface area contributed by atoms with Crippen LogP contribution >= 0.6 is 23.8 Å². The number of aryl methyl sites for hydroxylation is 1. The maximum atomic E-state index is 12.1. The fraction of sp³-hybridized carbons (Fsp3) is 0.167. The third kappa shape index (κ3) is 6.17. The number of nitrogens with one attached hydrogen (secondary N) is 3. The minimum atomic E-state index is -0.331. The van der Waals surface area contributed by atoms with E-state index in [0.717, 1.165) is 11.3 Å². The van der Waals surface area contributed by atoms with Gasteiger partial charge in [0.15, 0.2) is 5.11 Å². The van der Waals surface area contributed by atoms with E-state index >= 15 is 0 Å². The summed E-state index contributed by atoms with van der Waals surface area (Å²) in [6, 6.07) is 14.1. The zero-order valence-corrected chi connectivity index (χ0v) is 15.2. The lowest BCUT2D eigenvalue weighted by Gasteiger charge is -2.10. The summed E-state index contributed by atoms with van der Waals surface area (Å²) in [6.07, 6.45) is 1.10. The number of benzene rings is 2. The summed E-state index contributed by atoms with van der Waals surface area (Å²) in [7, 11) is 1.62. The van der Waals surface area contributed by atoms with Crippen LogP contribution in [0, 0.1) is 0 Å². The van der Waals surface area contributed by atoms with Gasteiger partial charge in [-0.25, -0.2) is 0 Å². The van der Waals surface area contributed by atoms with Crippen LogP contribution in [0.3, 0.4) is 0 Å². The fourth-order valence-electron chi connectivity index (χ4n) is 2.10. The van der Waals surface area contributed by atoms with Gasteiger partial charge in [-0.1, -0.05) is 29.8 Å². The second-order valence-electron chi connectivity index (χ2n) is 5.29. The van der Waals surface area contributed by atoms with E-state index in [2.05, 4.69) is 16.0 Å². The Bertz CT molecular complexity index is 778. The number of carbonyl (C=O) groups is 2. The van der Waals surface area contributed by atoms with Crippen molar-refractivity contribution in [2.45, 2.75) is 12.8 Å². The Labute approximate surface area is 156 Å². The van der Waals surface area contributed by atoms with Crippen LogP contribution < -0.4 is 16.0 Å². The van der Waals surface area contributed by atoms with Crippen molar-refractivity contribution < 1.29 is 9.59 Å². The van der Waals surface area contributed by atoms with Crippen LogP contribution in [0.25, 0.3) is 0 Å². The summed E-state index contributed by atoms with van der Waals surface area (Å²) in [5, 5.41) is 8.83. The second kappa shape index (κ2) is 9.15. The molecule has 0 fully saturated rings. The van der Waals surface area contributed by atoms with Crippen molar-refractivity contribution in [2.75, 3.05) is 12.4 Å². The van der Waals surface area contributed by atoms with Gasteiger partial charge in [-0.15, -0.1) is 0 Å². The van der Waals surface area contributed by atoms with Crippen LogP contribution in [0.1, 0.15) is 22.3 Å². The average molecular weight is 376 g/mol. The largest absolute Gasteiger partial charge is 0.359 e. The predicted octanol–water partition coefficient (Wildman–Crippen LogP) is 3.15. The minimum Gasteiger partial charge on any atom is -0.359 e. The van der Waals surface area contributed by atoms with Crippen LogP contribution in [0.2, 0.25) is 5.02 Å². The molecule has 5 nitrogen and oxygen atoms in total. The molecule has 0 aliphatic rings. The smallest absolute Gasteiger partial charge is 0.257 e. The van der Waals surface area contributed by atoms with Crippen LogP contribution in [-0.4, -0.2) is 24.0 Å². The van der Waals surface area contributed by atoms with Gasteiger partial charge in [-0.2, -0.15) is 0 Å². The molecule has 2 rings (SSSR count). The molecule has 0 atom stereocenters. The highest BCUT2D eigenvalue weighted by molar-refractivity contribution is 7.80. The van der Waals surface area contributed by atoms with E-state index in [0.29, 0.717) is 23.4 Å². The van der Waals surface area contributed by atoms with Gasteiger partial charge in [0.05, 0.1) is 0 Å². The molecule has 0 unspecified atom stereocenters. The minimum absolute atomic E-state index is 0.00658. The van der Waals surface area contributed by atoms with Crippen LogP contribution in [-0.2, 0) is 11.2 Å². The molecule has 0 saturated carbocycles. The SMILES string of the molecule is CNC(=O)CCc1ccc(NC(=S)NC(=O)c2cccc(Cl)c2)cc1. The van der Waals surface area contributed by atoms with Gasteiger partial charge in [0.25, 0.3) is 5.91 Å². The maximum absolute atomic E-state index is 12.1. The lowest BCUT2D eigenvalue weighted by Crippen LogP contribution is -2.34. The highest BCUT2D eigenvalue weighted by atomic mass is 35.5. The summed E-state index contributed by atoms with van der Waals surface area (Å²) in [5.41, 5.74) is 2.23. The van der Waals surface area contributed by atoms with Crippen LogP contribution in [0.4, 0.5) is 5.69 Å². The summed E-state index contributed by atoms with van der Waals surface area (Å²) < 4.78 is 0. The molecule has 0 spiro atoms. The third-order valence-electron chi connectivity index (χ3n) is 3.45. The highest BCUT2D eigenvalue weighted by Gasteiger charge is 2.08. The first-order chi connectivity index (χ1) is 12.0. The Balaban J connectivity index is 1.88. The molecule has 0 aliphatic heterocycles. The first-order valence-corrected chi connectivity index (χ1v) is 8.44. The topological polar surface area (TPSA) is 70.2 Å². The Morgan fingerprint density at radius 2 is 1.84 bits per heavy atom. The number of hydrogen-bond acceptors (Lipinski definition) is 3. The Kier molecular flexibility index (Phi) is 6.91. The Morgan fingerprint density at radius 1 is 1.12 bits per heavy atom. The first kappa shape index (κ1) is 18.9. The molecule has 130 valence electrons. The summed E-state index contributed by atoms with van der Waals surface area (Å²) in [5.74, 6) is -0.325. The zero-order valence-electron chi connectivity index (χ0n) is 13.6. The number of rotatable bonds is 5. The van der Waals surface area contributed by atoms with Gasteiger partial charge in [-0.3, -0.25) is 14.9 Å². The first-order valence-electron chi connectivity index (χ1n) is 7.65. The van der Waals surface area contributed by atoms with Gasteiger partial charge >= 0.3 is 0 Å². The van der Waals surface area contributed by atoms with E-state index < -0.39 is 0 Å². The Morgan fingerprint density at radius 3 is 2.48 bits per heavy atom. The molecule has 0 aromatic heterocycles. The third-order valence-corrected chi connectivity index (χ3v) is 3.88. The quantitative estimate of drug-likeness (QED) is 0.702. The van der Waals surface area contributed by atoms with E-state index in [1.54, 1.807) is 31.3 Å². The van der Waals surface area contributed by atoms with Gasteiger partial charge in [-0.05, 0) is 54.5 Å². The van der Waals surface area contributed by atoms with Gasteiger partial charge in [0.1, 0.15) is 0 Å². The van der Waals surface area contributed by atoms with E-state index in [4.69, 9.17) is 23.8 Å². The van der Waals surface area contributed by atoms with Gasteiger partial charge < -0.3 is 10.6 Å². The molecule has 2 amide bonds. The molecule has 0 radical (unpaired) electrons. The van der Waals surface area contributed by atoms with E-state index in [-0.39, 0.29) is 16.9 Å². The number of halogens is 1. The van der Waals surface area contributed by atoms with Crippen LogP contribution in [0.15, 0.2) is 48.5 Å². The number of thiocarbonyl (C=S) groups is 1. The average Bonchev–Trinajstić information content (AvgIpc) is 2.60. The molecule has 0 heterocycles. The monoisotopic (exact) mass is 375 g/mol. The lowest BCUT2D eigenvalue weighted by molar-refractivity contribution is -0.120. The van der Waals surface area contributed by atoms with Crippen molar-refractivity contribution in [3.63, 3.8) is 0 Å². The van der Waals surface area contributed by atoms with Crippen molar-refractivity contribution in [3.05, 3.63) is 64.7 Å². The molecular formula is C18H18ClN3O2S. The molecule has 0 aliphatic carbocycles. The molecule has 2 aromatic rings. The molecular weight excluding hydrogens is 358 g/mol. The van der Waals surface area contributed by atoms with Crippen molar-refractivity contribution in [2.24, 2.45) is 0 Å². The molecule has 0 saturated heterocycles. The molecule has 3 N–H and O–H groups in total. The molecule has 2 aromatic carbocycles. The zero-order chi connectivity index (χ0) is 18.2. The second-order valence-corrected chi connectivity index (χ2v) is 6.13. The van der Waals surface area contributed by atoms with E-state index in [1.165, 1.54) is 0 Å². The fourth-order valence-corrected chi connectivity index (χ4v) is 2.51. The van der Waals surface area contributed by atoms with Crippen molar-refractivity contribution in [1.82, 2.24) is 10.6 Å². The predicted molar refractivity (Wildman–Crippen MR) is 104 cm³/mol. The highest BCUT2D eigenvalue weighted by Crippen LogP contribution is 2.12. The van der Waals surface area contributed by atoms with E-state index in [1.807, 2.05) is 24.3 Å². The van der Waals surface area contributed by atoms with Crippen molar-refractivity contribution >= 4 is 46.4 Å². The van der Waals surface area contributed by atoms with Gasteiger partial charge in [0, 0.05) is 29.7 Å². The summed E-state index contributed by atoms with van der Waals surface area (Å²) in [6.45, 7) is 0. The van der Waals surface area contributed by atoms with Crippen LogP contribution in [0.5, 0.6) is 0 Å². The van der Waals surface area contributed by atoms with E-state index in [9.17, 15) is 9.59 Å². The molecule has 0 bridgehead atoms. The van der Waals surface area contributed by atoms with Crippen molar-refractivity contribution in [1.29, 1.82) is 0 Å². The van der Waals surface area contributed by atoms with Crippen molar-refractivity contribution in [3.8, 4) is 0 Å². The lowest BCUT2D eigenvalue weighted by atomic mass is 10.1.